The third-order valence-corrected chi connectivity index (χ3v) is 4.32. The number of aliphatic imine (C=N–C) groups is 1. The zero-order valence-electron chi connectivity index (χ0n) is 13.5. The summed E-state index contributed by atoms with van der Waals surface area (Å²) in [6, 6.07) is 10.0. The van der Waals surface area contributed by atoms with Crippen LogP contribution >= 0.6 is 24.0 Å². The number of aliphatic hydroxyl groups is 1. The number of para-hydroxylation sites is 1. The van der Waals surface area contributed by atoms with Gasteiger partial charge in [0.25, 0.3) is 0 Å². The van der Waals surface area contributed by atoms with Crippen LogP contribution in [0.2, 0.25) is 0 Å². The quantitative estimate of drug-likeness (QED) is 0.397. The van der Waals surface area contributed by atoms with Crippen molar-refractivity contribution in [2.24, 2.45) is 4.99 Å². The minimum Gasteiger partial charge on any atom is -0.459 e. The van der Waals surface area contributed by atoms with Crippen molar-refractivity contribution in [3.8, 4) is 0 Å². The van der Waals surface area contributed by atoms with Gasteiger partial charge in [-0.3, -0.25) is 4.99 Å². The van der Waals surface area contributed by atoms with Crippen molar-refractivity contribution < 1.29 is 9.52 Å². The van der Waals surface area contributed by atoms with Crippen LogP contribution in [0.15, 0.2) is 39.7 Å². The number of benzene rings is 1. The van der Waals surface area contributed by atoms with Gasteiger partial charge in [0, 0.05) is 19.0 Å². The highest BCUT2D eigenvalue weighted by Crippen LogP contribution is 2.30. The molecule has 1 heterocycles. The van der Waals surface area contributed by atoms with Gasteiger partial charge in [-0.15, -0.1) is 24.0 Å². The normalized spacial score (nSPS) is 18.0. The summed E-state index contributed by atoms with van der Waals surface area (Å²) in [7, 11) is 1.73. The molecule has 5 nitrogen and oxygen atoms in total. The van der Waals surface area contributed by atoms with E-state index in [-0.39, 0.29) is 30.0 Å². The largest absolute Gasteiger partial charge is 0.459 e. The second-order valence-electron chi connectivity index (χ2n) is 6.06. The van der Waals surface area contributed by atoms with Gasteiger partial charge in [0.1, 0.15) is 11.3 Å². The number of guanidine groups is 1. The maximum atomic E-state index is 10.1. The molecule has 1 aliphatic rings. The summed E-state index contributed by atoms with van der Waals surface area (Å²) in [6.07, 6.45) is 2.81. The Labute approximate surface area is 153 Å². The van der Waals surface area contributed by atoms with Gasteiger partial charge in [-0.05, 0) is 38.3 Å². The molecule has 0 aliphatic heterocycles. The van der Waals surface area contributed by atoms with Gasteiger partial charge in [-0.25, -0.2) is 0 Å². The molecular weight excluding hydrogens is 405 g/mol. The third-order valence-electron chi connectivity index (χ3n) is 4.32. The van der Waals surface area contributed by atoms with E-state index in [1.165, 1.54) is 0 Å². The molecule has 0 spiro atoms. The Balaban J connectivity index is 0.00000192. The van der Waals surface area contributed by atoms with E-state index < -0.39 is 5.60 Å². The van der Waals surface area contributed by atoms with Crippen LogP contribution < -0.4 is 10.6 Å². The summed E-state index contributed by atoms with van der Waals surface area (Å²) in [4.78, 5) is 4.21. The highest BCUT2D eigenvalue weighted by atomic mass is 127. The van der Waals surface area contributed by atoms with E-state index in [1.54, 1.807) is 7.05 Å². The lowest BCUT2D eigenvalue weighted by molar-refractivity contribution is -0.0279. The van der Waals surface area contributed by atoms with Gasteiger partial charge in [0.05, 0.1) is 11.6 Å². The molecular formula is C17H24IN3O2. The van der Waals surface area contributed by atoms with Crippen molar-refractivity contribution in [2.45, 2.75) is 37.8 Å². The van der Waals surface area contributed by atoms with Gasteiger partial charge in [0.2, 0.25) is 0 Å². The molecule has 1 unspecified atom stereocenters. The fourth-order valence-corrected chi connectivity index (χ4v) is 2.70. The number of halogens is 1. The van der Waals surface area contributed by atoms with E-state index in [0.29, 0.717) is 12.5 Å². The Morgan fingerprint density at radius 3 is 2.74 bits per heavy atom. The Kier molecular flexibility index (Phi) is 5.91. The van der Waals surface area contributed by atoms with Crippen molar-refractivity contribution >= 4 is 40.9 Å². The van der Waals surface area contributed by atoms with Gasteiger partial charge < -0.3 is 20.2 Å². The van der Waals surface area contributed by atoms with E-state index in [1.807, 2.05) is 37.3 Å². The lowest BCUT2D eigenvalue weighted by Crippen LogP contribution is -2.50. The molecule has 1 aromatic carbocycles. The molecule has 1 aromatic heterocycles. The van der Waals surface area contributed by atoms with E-state index in [4.69, 9.17) is 4.42 Å². The van der Waals surface area contributed by atoms with Crippen LogP contribution in [0.1, 0.15) is 38.0 Å². The minimum absolute atomic E-state index is 0. The predicted molar refractivity (Wildman–Crippen MR) is 103 cm³/mol. The molecule has 1 saturated carbocycles. The Morgan fingerprint density at radius 1 is 1.39 bits per heavy atom. The summed E-state index contributed by atoms with van der Waals surface area (Å²) < 4.78 is 5.86. The molecule has 126 valence electrons. The van der Waals surface area contributed by atoms with Gasteiger partial charge in [-0.1, -0.05) is 18.2 Å². The summed E-state index contributed by atoms with van der Waals surface area (Å²) in [5, 5.41) is 17.7. The van der Waals surface area contributed by atoms with Crippen molar-refractivity contribution in [2.75, 3.05) is 13.6 Å². The average molecular weight is 429 g/mol. The van der Waals surface area contributed by atoms with Crippen LogP contribution in [0.5, 0.6) is 0 Å². The third kappa shape index (κ3) is 4.17. The van der Waals surface area contributed by atoms with E-state index in [9.17, 15) is 5.11 Å². The first-order valence-corrected chi connectivity index (χ1v) is 7.78. The summed E-state index contributed by atoms with van der Waals surface area (Å²) in [5.41, 5.74) is 0.318. The monoisotopic (exact) mass is 429 g/mol. The number of hydrogen-bond acceptors (Lipinski definition) is 3. The molecule has 1 aliphatic carbocycles. The maximum Gasteiger partial charge on any atom is 0.191 e. The molecule has 23 heavy (non-hydrogen) atoms. The highest BCUT2D eigenvalue weighted by Gasteiger charge is 2.34. The standard InChI is InChI=1S/C17H23N3O2.HI/c1-12(15-10-13-6-3-4-7-14(13)22-15)20-16(18-2)19-11-17(21)8-5-9-17;/h3-4,6-7,10,12,21H,5,8-9,11H2,1-2H3,(H2,18,19,20);1H. The summed E-state index contributed by atoms with van der Waals surface area (Å²) >= 11 is 0. The van der Waals surface area contributed by atoms with Gasteiger partial charge >= 0.3 is 0 Å². The second kappa shape index (κ2) is 7.53. The van der Waals surface area contributed by atoms with Crippen LogP contribution in [0.25, 0.3) is 11.0 Å². The number of hydrogen-bond donors (Lipinski definition) is 3. The second-order valence-corrected chi connectivity index (χ2v) is 6.06. The minimum atomic E-state index is -0.569. The molecule has 0 saturated heterocycles. The maximum absolute atomic E-state index is 10.1. The molecule has 0 bridgehead atoms. The smallest absolute Gasteiger partial charge is 0.191 e. The van der Waals surface area contributed by atoms with Gasteiger partial charge in [-0.2, -0.15) is 0 Å². The Bertz CT molecular complexity index is 646. The number of fused-ring (bicyclic) bond motifs is 1. The SMILES string of the molecule is CN=C(NCC1(O)CCC1)NC(C)c1cc2ccccc2o1.I. The fraction of sp³-hybridized carbons (Fsp3) is 0.471. The first-order valence-electron chi connectivity index (χ1n) is 7.78. The summed E-state index contributed by atoms with van der Waals surface area (Å²) in [6.45, 7) is 2.56. The van der Waals surface area contributed by atoms with Crippen LogP contribution in [-0.4, -0.2) is 30.3 Å². The molecule has 3 rings (SSSR count). The number of nitrogens with one attached hydrogen (secondary N) is 2. The number of rotatable bonds is 4. The molecule has 1 fully saturated rings. The molecule has 0 amide bonds. The van der Waals surface area contributed by atoms with Crippen LogP contribution in [0, 0.1) is 0 Å². The first-order chi connectivity index (χ1) is 10.6. The first kappa shape index (κ1) is 18.1. The molecule has 3 N–H and O–H groups in total. The topological polar surface area (TPSA) is 69.8 Å². The lowest BCUT2D eigenvalue weighted by Gasteiger charge is -2.37. The molecule has 2 aromatic rings. The van der Waals surface area contributed by atoms with Crippen LogP contribution in [-0.2, 0) is 0 Å². The number of nitrogens with zero attached hydrogens (tertiary/aromatic N) is 1. The molecule has 6 heteroatoms. The lowest BCUT2D eigenvalue weighted by atomic mass is 9.80. The Morgan fingerprint density at radius 2 is 2.13 bits per heavy atom. The zero-order chi connectivity index (χ0) is 15.6. The van der Waals surface area contributed by atoms with Crippen molar-refractivity contribution in [3.63, 3.8) is 0 Å². The van der Waals surface area contributed by atoms with Crippen LogP contribution in [0.4, 0.5) is 0 Å². The highest BCUT2D eigenvalue weighted by molar-refractivity contribution is 14.0. The number of furan rings is 1. The summed E-state index contributed by atoms with van der Waals surface area (Å²) in [5.74, 6) is 1.54. The van der Waals surface area contributed by atoms with Crippen molar-refractivity contribution in [3.05, 3.63) is 36.1 Å². The zero-order valence-corrected chi connectivity index (χ0v) is 15.8. The average Bonchev–Trinajstić information content (AvgIpc) is 2.93. The van der Waals surface area contributed by atoms with Crippen LogP contribution in [0.3, 0.4) is 0 Å². The fourth-order valence-electron chi connectivity index (χ4n) is 2.70. The van der Waals surface area contributed by atoms with Crippen molar-refractivity contribution in [1.82, 2.24) is 10.6 Å². The van der Waals surface area contributed by atoms with E-state index in [0.717, 1.165) is 36.0 Å². The predicted octanol–water partition coefficient (Wildman–Crippen LogP) is 3.19. The molecule has 1 atom stereocenters. The van der Waals surface area contributed by atoms with Crippen molar-refractivity contribution in [1.29, 1.82) is 0 Å². The van der Waals surface area contributed by atoms with E-state index >= 15 is 0 Å². The molecule has 0 radical (unpaired) electrons. The Hall–Kier alpha value is -1.28. The van der Waals surface area contributed by atoms with Gasteiger partial charge in [0.15, 0.2) is 5.96 Å². The van der Waals surface area contributed by atoms with E-state index in [2.05, 4.69) is 15.6 Å².